The van der Waals surface area contributed by atoms with Gasteiger partial charge in [0.1, 0.15) is 5.82 Å². The fourth-order valence-corrected chi connectivity index (χ4v) is 1.95. The third-order valence-corrected chi connectivity index (χ3v) is 3.20. The number of guanidine groups is 1. The Balaban J connectivity index is 0.00000242. The molecule has 0 spiro atoms. The van der Waals surface area contributed by atoms with Crippen molar-refractivity contribution in [3.63, 3.8) is 0 Å². The molecule has 1 aromatic carbocycles. The number of hydrogen-bond acceptors (Lipinski definition) is 2. The van der Waals surface area contributed by atoms with Crippen LogP contribution in [0.15, 0.2) is 41.5 Å². The topological polar surface area (TPSA) is 54.2 Å². The van der Waals surface area contributed by atoms with Crippen LogP contribution in [0.3, 0.4) is 0 Å². The number of nitrogens with zero attached hydrogens (tertiary/aromatic N) is 3. The van der Waals surface area contributed by atoms with Gasteiger partial charge in [0.25, 0.3) is 0 Å². The summed E-state index contributed by atoms with van der Waals surface area (Å²) in [4.78, 5) is 4.17. The van der Waals surface area contributed by atoms with Crippen LogP contribution in [0.25, 0.3) is 0 Å². The molecule has 0 atom stereocenters. The van der Waals surface area contributed by atoms with Gasteiger partial charge in [0.05, 0.1) is 12.2 Å². The molecule has 1 heterocycles. The Bertz CT molecular complexity index is 594. The highest BCUT2D eigenvalue weighted by Gasteiger charge is 2.01. The number of aliphatic imine (C=N–C) groups is 1. The summed E-state index contributed by atoms with van der Waals surface area (Å²) in [6.45, 7) is 1.39. The van der Waals surface area contributed by atoms with Crippen molar-refractivity contribution in [1.29, 1.82) is 0 Å². The molecule has 0 saturated carbocycles. The van der Waals surface area contributed by atoms with Gasteiger partial charge >= 0.3 is 0 Å². The largest absolute Gasteiger partial charge is 0.356 e. The minimum atomic E-state index is -0.208. The number of benzene rings is 1. The first-order valence-electron chi connectivity index (χ1n) is 6.85. The molecule has 1 aromatic heterocycles. The van der Waals surface area contributed by atoms with Gasteiger partial charge in [-0.2, -0.15) is 5.10 Å². The van der Waals surface area contributed by atoms with Crippen LogP contribution in [0.5, 0.6) is 0 Å². The predicted molar refractivity (Wildman–Crippen MR) is 96.9 cm³/mol. The maximum Gasteiger partial charge on any atom is 0.191 e. The van der Waals surface area contributed by atoms with Crippen molar-refractivity contribution in [1.82, 2.24) is 20.4 Å². The van der Waals surface area contributed by atoms with Crippen molar-refractivity contribution < 1.29 is 4.39 Å². The molecule has 7 heteroatoms. The van der Waals surface area contributed by atoms with E-state index in [9.17, 15) is 4.39 Å². The predicted octanol–water partition coefficient (Wildman–Crippen LogP) is 2.08. The quantitative estimate of drug-likeness (QED) is 0.445. The molecule has 2 rings (SSSR count). The van der Waals surface area contributed by atoms with Crippen LogP contribution in [0.1, 0.15) is 11.3 Å². The summed E-state index contributed by atoms with van der Waals surface area (Å²) in [5, 5.41) is 10.6. The summed E-state index contributed by atoms with van der Waals surface area (Å²) in [6.07, 6.45) is 2.58. The van der Waals surface area contributed by atoms with Gasteiger partial charge in [-0.25, -0.2) is 4.39 Å². The van der Waals surface area contributed by atoms with Crippen LogP contribution >= 0.6 is 24.0 Å². The number of rotatable bonds is 5. The molecule has 0 aliphatic rings. The van der Waals surface area contributed by atoms with Crippen molar-refractivity contribution in [3.05, 3.63) is 53.6 Å². The first-order valence-corrected chi connectivity index (χ1v) is 6.85. The SMILES string of the molecule is CN=C(NCCc1ccc(F)cc1)NCc1ccnn1C.I. The van der Waals surface area contributed by atoms with Crippen molar-refractivity contribution in [3.8, 4) is 0 Å². The minimum absolute atomic E-state index is 0. The Morgan fingerprint density at radius 3 is 2.55 bits per heavy atom. The molecule has 0 bridgehead atoms. The number of aryl methyl sites for hydroxylation is 1. The lowest BCUT2D eigenvalue weighted by molar-refractivity contribution is 0.626. The van der Waals surface area contributed by atoms with Gasteiger partial charge in [-0.05, 0) is 30.2 Å². The summed E-state index contributed by atoms with van der Waals surface area (Å²) < 4.78 is 14.6. The second kappa shape index (κ2) is 9.39. The van der Waals surface area contributed by atoms with Gasteiger partial charge in [-0.1, -0.05) is 12.1 Å². The molecule has 0 radical (unpaired) electrons. The van der Waals surface area contributed by atoms with Crippen LogP contribution in [0, 0.1) is 5.82 Å². The van der Waals surface area contributed by atoms with E-state index in [0.717, 1.165) is 30.2 Å². The average Bonchev–Trinajstić information content (AvgIpc) is 2.90. The summed E-state index contributed by atoms with van der Waals surface area (Å²) in [7, 11) is 3.64. The highest BCUT2D eigenvalue weighted by Crippen LogP contribution is 2.02. The number of aromatic nitrogens is 2. The number of hydrogen-bond donors (Lipinski definition) is 2. The zero-order valence-electron chi connectivity index (χ0n) is 12.7. The summed E-state index contributed by atoms with van der Waals surface area (Å²) in [6, 6.07) is 8.50. The molecule has 2 aromatic rings. The van der Waals surface area contributed by atoms with E-state index in [1.807, 2.05) is 17.8 Å². The maximum absolute atomic E-state index is 12.8. The van der Waals surface area contributed by atoms with Gasteiger partial charge in [0.2, 0.25) is 0 Å². The van der Waals surface area contributed by atoms with Gasteiger partial charge < -0.3 is 10.6 Å². The van der Waals surface area contributed by atoms with E-state index < -0.39 is 0 Å². The standard InChI is InChI=1S/C15H20FN5.HI/c1-17-15(19-11-14-8-10-20-21(14)2)18-9-7-12-3-5-13(16)6-4-12;/h3-6,8,10H,7,9,11H2,1-2H3,(H2,17,18,19);1H. The fourth-order valence-electron chi connectivity index (χ4n) is 1.95. The molecule has 0 unspecified atom stereocenters. The van der Waals surface area contributed by atoms with Crippen LogP contribution in [-0.2, 0) is 20.0 Å². The molecule has 2 N–H and O–H groups in total. The van der Waals surface area contributed by atoms with Crippen LogP contribution in [-0.4, -0.2) is 29.3 Å². The molecule has 22 heavy (non-hydrogen) atoms. The first kappa shape index (κ1) is 18.4. The van der Waals surface area contributed by atoms with Gasteiger partial charge in [-0.3, -0.25) is 9.67 Å². The molecule has 5 nitrogen and oxygen atoms in total. The normalized spacial score (nSPS) is 11.0. The molecular weight excluding hydrogens is 396 g/mol. The van der Waals surface area contributed by atoms with Gasteiger partial charge in [-0.15, -0.1) is 24.0 Å². The Morgan fingerprint density at radius 2 is 1.95 bits per heavy atom. The van der Waals surface area contributed by atoms with Crippen molar-refractivity contribution in [2.75, 3.05) is 13.6 Å². The number of nitrogens with one attached hydrogen (secondary N) is 2. The second-order valence-electron chi connectivity index (χ2n) is 4.68. The number of halogens is 2. The lowest BCUT2D eigenvalue weighted by Crippen LogP contribution is -2.38. The molecule has 0 amide bonds. The monoisotopic (exact) mass is 417 g/mol. The Labute approximate surface area is 147 Å². The van der Waals surface area contributed by atoms with E-state index in [2.05, 4.69) is 20.7 Å². The molecule has 0 aliphatic carbocycles. The summed E-state index contributed by atoms with van der Waals surface area (Å²) >= 11 is 0. The summed E-state index contributed by atoms with van der Waals surface area (Å²) in [5.74, 6) is 0.527. The third kappa shape index (κ3) is 5.63. The summed E-state index contributed by atoms with van der Waals surface area (Å²) in [5.41, 5.74) is 2.17. The Kier molecular flexibility index (Phi) is 7.86. The van der Waals surface area contributed by atoms with Crippen molar-refractivity contribution >= 4 is 29.9 Å². The lowest BCUT2D eigenvalue weighted by atomic mass is 10.1. The van der Waals surface area contributed by atoms with Crippen LogP contribution in [0.4, 0.5) is 4.39 Å². The Hall–Kier alpha value is -1.64. The van der Waals surface area contributed by atoms with Crippen LogP contribution < -0.4 is 10.6 Å². The van der Waals surface area contributed by atoms with Gasteiger partial charge in [0.15, 0.2) is 5.96 Å². The van der Waals surface area contributed by atoms with E-state index in [-0.39, 0.29) is 29.8 Å². The molecule has 0 fully saturated rings. The lowest BCUT2D eigenvalue weighted by Gasteiger charge is -2.12. The molecule has 0 saturated heterocycles. The van der Waals surface area contributed by atoms with E-state index in [1.54, 1.807) is 25.4 Å². The van der Waals surface area contributed by atoms with Crippen molar-refractivity contribution in [2.24, 2.45) is 12.0 Å². The Morgan fingerprint density at radius 1 is 1.23 bits per heavy atom. The maximum atomic E-state index is 12.8. The van der Waals surface area contributed by atoms with E-state index in [4.69, 9.17) is 0 Å². The minimum Gasteiger partial charge on any atom is -0.356 e. The average molecular weight is 417 g/mol. The molecule has 0 aliphatic heterocycles. The fraction of sp³-hybridized carbons (Fsp3) is 0.333. The highest BCUT2D eigenvalue weighted by molar-refractivity contribution is 14.0. The van der Waals surface area contributed by atoms with E-state index in [1.165, 1.54) is 12.1 Å². The molecular formula is C15H21FIN5. The van der Waals surface area contributed by atoms with Crippen LogP contribution in [0.2, 0.25) is 0 Å². The first-order chi connectivity index (χ1) is 10.2. The zero-order valence-corrected chi connectivity index (χ0v) is 15.0. The van der Waals surface area contributed by atoms with E-state index >= 15 is 0 Å². The smallest absolute Gasteiger partial charge is 0.191 e. The third-order valence-electron chi connectivity index (χ3n) is 3.20. The van der Waals surface area contributed by atoms with Crippen molar-refractivity contribution in [2.45, 2.75) is 13.0 Å². The van der Waals surface area contributed by atoms with E-state index in [0.29, 0.717) is 6.54 Å². The molecule has 120 valence electrons. The highest BCUT2D eigenvalue weighted by atomic mass is 127. The van der Waals surface area contributed by atoms with Gasteiger partial charge in [0, 0.05) is 26.8 Å². The zero-order chi connectivity index (χ0) is 15.1. The second-order valence-corrected chi connectivity index (χ2v) is 4.68.